The maximum absolute atomic E-state index is 10.3. The molecular weight excluding hydrogens is 202 g/mol. The summed E-state index contributed by atoms with van der Waals surface area (Å²) < 4.78 is 0. The number of para-hydroxylation sites is 1. The van der Waals surface area contributed by atoms with Crippen molar-refractivity contribution >= 4 is 11.7 Å². The number of benzene rings is 1. The van der Waals surface area contributed by atoms with Crippen molar-refractivity contribution in [2.75, 3.05) is 5.73 Å². The first kappa shape index (κ1) is 12.6. The predicted octanol–water partition coefficient (Wildman–Crippen LogP) is 2.85. The van der Waals surface area contributed by atoms with Gasteiger partial charge in [-0.25, -0.2) is 0 Å². The number of hydrogen-bond donors (Lipinski definition) is 2. The molecule has 0 amide bonds. The average molecular weight is 221 g/mol. The summed E-state index contributed by atoms with van der Waals surface area (Å²) in [6.07, 6.45) is 5.18. The van der Waals surface area contributed by atoms with Crippen LogP contribution in [0.25, 0.3) is 0 Å². The Bertz CT molecular complexity index is 336. The molecule has 3 heteroatoms. The van der Waals surface area contributed by atoms with E-state index in [0.29, 0.717) is 0 Å². The van der Waals surface area contributed by atoms with Crippen molar-refractivity contribution in [2.24, 2.45) is 0 Å². The Labute approximate surface area is 96.3 Å². The van der Waals surface area contributed by atoms with Crippen LogP contribution >= 0.6 is 0 Å². The van der Waals surface area contributed by atoms with Crippen molar-refractivity contribution < 1.29 is 9.90 Å². The van der Waals surface area contributed by atoms with Gasteiger partial charge in [-0.3, -0.25) is 4.79 Å². The summed E-state index contributed by atoms with van der Waals surface area (Å²) in [6, 6.07) is 7.90. The molecule has 0 aliphatic rings. The lowest BCUT2D eigenvalue weighted by Gasteiger charge is -2.04. The number of nitrogen functional groups attached to an aromatic ring is 1. The summed E-state index contributed by atoms with van der Waals surface area (Å²) in [4.78, 5) is 10.3. The van der Waals surface area contributed by atoms with Gasteiger partial charge in [0.25, 0.3) is 0 Å². The van der Waals surface area contributed by atoms with Crippen LogP contribution < -0.4 is 5.73 Å². The number of nitrogens with two attached hydrogens (primary N) is 1. The molecule has 0 bridgehead atoms. The minimum Gasteiger partial charge on any atom is -0.481 e. The van der Waals surface area contributed by atoms with Crippen LogP contribution in [0.3, 0.4) is 0 Å². The number of carbonyl (C=O) groups is 1. The van der Waals surface area contributed by atoms with Gasteiger partial charge in [-0.1, -0.05) is 31.0 Å². The van der Waals surface area contributed by atoms with Crippen LogP contribution in [0.15, 0.2) is 24.3 Å². The van der Waals surface area contributed by atoms with Crippen LogP contribution in [-0.2, 0) is 11.2 Å². The predicted molar refractivity (Wildman–Crippen MR) is 65.3 cm³/mol. The van der Waals surface area contributed by atoms with E-state index in [9.17, 15) is 4.79 Å². The third-order valence-electron chi connectivity index (χ3n) is 2.64. The van der Waals surface area contributed by atoms with Gasteiger partial charge in [-0.15, -0.1) is 0 Å². The normalized spacial score (nSPS) is 10.2. The van der Waals surface area contributed by atoms with Crippen molar-refractivity contribution in [3.05, 3.63) is 29.8 Å². The Balaban J connectivity index is 2.12. The molecule has 0 saturated heterocycles. The molecule has 1 aromatic carbocycles. The second-order valence-corrected chi connectivity index (χ2v) is 4.01. The summed E-state index contributed by atoms with van der Waals surface area (Å²) in [7, 11) is 0. The monoisotopic (exact) mass is 221 g/mol. The van der Waals surface area contributed by atoms with Crippen molar-refractivity contribution in [2.45, 2.75) is 38.5 Å². The number of hydrogen-bond acceptors (Lipinski definition) is 2. The van der Waals surface area contributed by atoms with Gasteiger partial charge in [-0.2, -0.15) is 0 Å². The fraction of sp³-hybridized carbons (Fsp3) is 0.462. The molecule has 0 spiro atoms. The number of carboxylic acids is 1. The molecule has 3 nitrogen and oxygen atoms in total. The van der Waals surface area contributed by atoms with E-state index in [2.05, 4.69) is 0 Å². The van der Waals surface area contributed by atoms with Gasteiger partial charge in [0, 0.05) is 12.1 Å². The van der Waals surface area contributed by atoms with E-state index in [1.165, 1.54) is 5.56 Å². The van der Waals surface area contributed by atoms with E-state index in [0.717, 1.165) is 37.8 Å². The molecule has 0 atom stereocenters. The van der Waals surface area contributed by atoms with Gasteiger partial charge >= 0.3 is 5.97 Å². The molecule has 16 heavy (non-hydrogen) atoms. The molecule has 0 radical (unpaired) electrons. The van der Waals surface area contributed by atoms with Gasteiger partial charge in [0.2, 0.25) is 0 Å². The van der Waals surface area contributed by atoms with E-state index < -0.39 is 5.97 Å². The Hall–Kier alpha value is -1.51. The van der Waals surface area contributed by atoms with E-state index >= 15 is 0 Å². The highest BCUT2D eigenvalue weighted by molar-refractivity contribution is 5.66. The third kappa shape index (κ3) is 4.82. The summed E-state index contributed by atoms with van der Waals surface area (Å²) >= 11 is 0. The lowest BCUT2D eigenvalue weighted by molar-refractivity contribution is -0.137. The highest BCUT2D eigenvalue weighted by Crippen LogP contribution is 2.14. The van der Waals surface area contributed by atoms with Gasteiger partial charge in [0.05, 0.1) is 0 Å². The van der Waals surface area contributed by atoms with E-state index in [-0.39, 0.29) is 6.42 Å². The molecule has 0 saturated carbocycles. The molecule has 3 N–H and O–H groups in total. The highest BCUT2D eigenvalue weighted by atomic mass is 16.4. The van der Waals surface area contributed by atoms with E-state index in [1.54, 1.807) is 0 Å². The van der Waals surface area contributed by atoms with Crippen LogP contribution in [0.4, 0.5) is 5.69 Å². The lowest BCUT2D eigenvalue weighted by Crippen LogP contribution is -1.95. The standard InChI is InChI=1S/C13H19NO2/c14-12-9-6-5-8-11(12)7-3-1-2-4-10-13(15)16/h5-6,8-9H,1-4,7,10,14H2,(H,15,16). The first-order valence-electron chi connectivity index (χ1n) is 5.75. The molecule has 1 rings (SSSR count). The van der Waals surface area contributed by atoms with Crippen molar-refractivity contribution in [3.8, 4) is 0 Å². The second-order valence-electron chi connectivity index (χ2n) is 4.01. The largest absolute Gasteiger partial charge is 0.481 e. The van der Waals surface area contributed by atoms with Gasteiger partial charge in [0.15, 0.2) is 0 Å². The molecule has 0 heterocycles. The second kappa shape index (κ2) is 6.88. The Morgan fingerprint density at radius 2 is 1.81 bits per heavy atom. The number of aliphatic carboxylic acids is 1. The van der Waals surface area contributed by atoms with Crippen molar-refractivity contribution in [1.82, 2.24) is 0 Å². The maximum atomic E-state index is 10.3. The topological polar surface area (TPSA) is 63.3 Å². The number of unbranched alkanes of at least 4 members (excludes halogenated alkanes) is 3. The molecule has 0 fully saturated rings. The number of aryl methyl sites for hydroxylation is 1. The van der Waals surface area contributed by atoms with E-state index in [1.807, 2.05) is 24.3 Å². The first-order valence-corrected chi connectivity index (χ1v) is 5.75. The molecule has 1 aromatic rings. The maximum Gasteiger partial charge on any atom is 0.303 e. The molecule has 0 aliphatic heterocycles. The first-order chi connectivity index (χ1) is 7.70. The zero-order valence-corrected chi connectivity index (χ0v) is 9.48. The lowest BCUT2D eigenvalue weighted by atomic mass is 10.0. The van der Waals surface area contributed by atoms with Crippen LogP contribution in [-0.4, -0.2) is 11.1 Å². The van der Waals surface area contributed by atoms with Crippen LogP contribution in [0.2, 0.25) is 0 Å². The summed E-state index contributed by atoms with van der Waals surface area (Å²) in [5.41, 5.74) is 7.87. The fourth-order valence-electron chi connectivity index (χ4n) is 1.71. The average Bonchev–Trinajstić information content (AvgIpc) is 2.25. The summed E-state index contributed by atoms with van der Waals surface area (Å²) in [5, 5.41) is 8.47. The Morgan fingerprint density at radius 1 is 1.12 bits per heavy atom. The molecular formula is C13H19NO2. The summed E-state index contributed by atoms with van der Waals surface area (Å²) in [6.45, 7) is 0. The highest BCUT2D eigenvalue weighted by Gasteiger charge is 1.99. The van der Waals surface area contributed by atoms with Crippen LogP contribution in [0.1, 0.15) is 37.7 Å². The minimum atomic E-state index is -0.702. The zero-order valence-electron chi connectivity index (χ0n) is 9.48. The Morgan fingerprint density at radius 3 is 2.50 bits per heavy atom. The molecule has 0 aliphatic carbocycles. The van der Waals surface area contributed by atoms with Gasteiger partial charge in [0.1, 0.15) is 0 Å². The SMILES string of the molecule is Nc1ccccc1CCCCCCC(=O)O. The fourth-order valence-corrected chi connectivity index (χ4v) is 1.71. The van der Waals surface area contributed by atoms with E-state index in [4.69, 9.17) is 10.8 Å². The number of rotatable bonds is 7. The van der Waals surface area contributed by atoms with Crippen LogP contribution in [0.5, 0.6) is 0 Å². The van der Waals surface area contributed by atoms with Gasteiger partial charge in [-0.05, 0) is 30.9 Å². The third-order valence-corrected chi connectivity index (χ3v) is 2.64. The number of anilines is 1. The van der Waals surface area contributed by atoms with Crippen LogP contribution in [0, 0.1) is 0 Å². The zero-order chi connectivity index (χ0) is 11.8. The summed E-state index contributed by atoms with van der Waals surface area (Å²) in [5.74, 6) is -0.702. The molecule has 0 unspecified atom stereocenters. The Kier molecular flexibility index (Phi) is 5.40. The quantitative estimate of drug-likeness (QED) is 0.549. The smallest absolute Gasteiger partial charge is 0.303 e. The van der Waals surface area contributed by atoms with Crippen molar-refractivity contribution in [3.63, 3.8) is 0 Å². The number of carboxylic acid groups (broad SMARTS) is 1. The minimum absolute atomic E-state index is 0.285. The molecule has 0 aromatic heterocycles. The van der Waals surface area contributed by atoms with Crippen molar-refractivity contribution in [1.29, 1.82) is 0 Å². The molecule has 88 valence electrons. The van der Waals surface area contributed by atoms with Gasteiger partial charge < -0.3 is 10.8 Å².